The van der Waals surface area contributed by atoms with E-state index >= 15 is 0 Å². The summed E-state index contributed by atoms with van der Waals surface area (Å²) in [5.74, 6) is -9.23. The number of carbonyl (C=O) groups is 11. The summed E-state index contributed by atoms with van der Waals surface area (Å²) in [6, 6.07) is -3.38. The van der Waals surface area contributed by atoms with Gasteiger partial charge in [0.2, 0.25) is 65.0 Å². The highest BCUT2D eigenvalue weighted by Crippen LogP contribution is 2.49. The van der Waals surface area contributed by atoms with Crippen LogP contribution in [0.5, 0.6) is 5.75 Å². The molecular formula is C49H75N11O12S2. The Morgan fingerprint density at radius 3 is 2.05 bits per heavy atom. The number of hydrogen-bond acceptors (Lipinski definition) is 14. The number of rotatable bonds is 17. The largest absolute Gasteiger partial charge is 0.508 e. The van der Waals surface area contributed by atoms with E-state index in [2.05, 4.69) is 44.1 Å². The SMILES string of the molecule is CC[C@H](C)C1NC(=O)[C@H](Cc2ccc(O)cc2)NC(=O)CC2(CCC(C)CC2)SSC[C@@H](C(=O)N2CCC[C@H]2C(=O)N[C@@H](CC(C)C)C(=O)NCC(N)=O)NC(=O)[C@H](CC(N)=O)NC(=O)[C@H](CCC(N)=O)NC1=O. The van der Waals surface area contributed by atoms with Crippen molar-refractivity contribution >= 4 is 86.6 Å². The van der Waals surface area contributed by atoms with Gasteiger partial charge in [0.1, 0.15) is 48.0 Å². The van der Waals surface area contributed by atoms with Crippen molar-refractivity contribution in [2.24, 2.45) is 35.0 Å². The number of amides is 11. The Bertz CT molecular complexity index is 2210. The van der Waals surface area contributed by atoms with E-state index in [1.165, 1.54) is 38.6 Å². The number of aromatic hydroxyl groups is 1. The van der Waals surface area contributed by atoms with Crippen LogP contribution in [0.25, 0.3) is 0 Å². The number of phenols is 1. The molecule has 0 bridgehead atoms. The molecule has 1 unspecified atom stereocenters. The Kier molecular flexibility index (Phi) is 23.3. The lowest BCUT2D eigenvalue weighted by Gasteiger charge is -2.39. The van der Waals surface area contributed by atoms with Gasteiger partial charge >= 0.3 is 0 Å². The molecule has 1 spiro atoms. The molecule has 2 saturated heterocycles. The average Bonchev–Trinajstić information content (AvgIpc) is 3.83. The van der Waals surface area contributed by atoms with E-state index < -0.39 is 137 Å². The third-order valence-electron chi connectivity index (χ3n) is 13.5. The van der Waals surface area contributed by atoms with Crippen LogP contribution < -0.4 is 54.4 Å². The molecule has 1 aliphatic carbocycles. The van der Waals surface area contributed by atoms with Gasteiger partial charge in [0, 0.05) is 36.3 Å². The molecule has 3 fully saturated rings. The zero-order chi connectivity index (χ0) is 54.9. The monoisotopic (exact) mass is 1070 g/mol. The number of phenolic OH excluding ortho intramolecular Hbond substituents is 1. The number of benzene rings is 1. The van der Waals surface area contributed by atoms with Crippen LogP contribution in [-0.2, 0) is 59.2 Å². The molecule has 8 atom stereocenters. The first-order valence-corrected chi connectivity index (χ1v) is 27.5. The number of nitrogens with two attached hydrogens (primary N) is 3. The van der Waals surface area contributed by atoms with Gasteiger partial charge in [-0.1, -0.05) is 74.8 Å². The molecule has 74 heavy (non-hydrogen) atoms. The molecule has 2 heterocycles. The van der Waals surface area contributed by atoms with E-state index in [9.17, 15) is 57.8 Å². The average molecular weight is 1070 g/mol. The summed E-state index contributed by atoms with van der Waals surface area (Å²) in [4.78, 5) is 151. The van der Waals surface area contributed by atoms with Gasteiger partial charge in [0.15, 0.2) is 0 Å². The highest BCUT2D eigenvalue weighted by molar-refractivity contribution is 8.77. The molecule has 1 aromatic carbocycles. The first-order chi connectivity index (χ1) is 34.9. The normalized spacial score (nSPS) is 26.5. The van der Waals surface area contributed by atoms with Crippen molar-refractivity contribution in [3.63, 3.8) is 0 Å². The molecular weight excluding hydrogens is 999 g/mol. The molecule has 1 aromatic rings. The summed E-state index contributed by atoms with van der Waals surface area (Å²) in [6.45, 7) is 8.85. The lowest BCUT2D eigenvalue weighted by atomic mass is 9.80. The number of primary amides is 3. The minimum atomic E-state index is -1.74. The number of likely N-dealkylation sites (tertiary alicyclic amines) is 1. The van der Waals surface area contributed by atoms with Crippen LogP contribution in [0.4, 0.5) is 0 Å². The predicted molar refractivity (Wildman–Crippen MR) is 277 cm³/mol. The fourth-order valence-corrected chi connectivity index (χ4v) is 12.4. The Morgan fingerprint density at radius 2 is 1.45 bits per heavy atom. The van der Waals surface area contributed by atoms with E-state index in [0.29, 0.717) is 37.2 Å². The van der Waals surface area contributed by atoms with Crippen molar-refractivity contribution in [3.05, 3.63) is 29.8 Å². The van der Waals surface area contributed by atoms with Gasteiger partial charge in [0.05, 0.1) is 13.0 Å². The summed E-state index contributed by atoms with van der Waals surface area (Å²) >= 11 is 0. The second-order valence-electron chi connectivity index (χ2n) is 20.2. The van der Waals surface area contributed by atoms with Gasteiger partial charge in [-0.25, -0.2) is 0 Å². The van der Waals surface area contributed by atoms with Crippen LogP contribution in [0, 0.1) is 17.8 Å². The molecule has 2 aliphatic heterocycles. The third kappa shape index (κ3) is 18.7. The predicted octanol–water partition coefficient (Wildman–Crippen LogP) is -0.597. The molecule has 4 rings (SSSR count). The highest BCUT2D eigenvalue weighted by Gasteiger charge is 2.43. The van der Waals surface area contributed by atoms with Crippen molar-refractivity contribution in [2.75, 3.05) is 18.8 Å². The number of hydrogen-bond donors (Lipinski definition) is 11. The van der Waals surface area contributed by atoms with Crippen LogP contribution in [0.2, 0.25) is 0 Å². The highest BCUT2D eigenvalue weighted by atomic mass is 33.1. The van der Waals surface area contributed by atoms with E-state index in [0.717, 1.165) is 12.8 Å². The smallest absolute Gasteiger partial charge is 0.246 e. The molecule has 410 valence electrons. The van der Waals surface area contributed by atoms with E-state index in [-0.39, 0.29) is 56.1 Å². The number of nitrogens with one attached hydrogen (secondary N) is 7. The first kappa shape index (κ1) is 60.4. The molecule has 0 radical (unpaired) electrons. The number of carbonyl (C=O) groups excluding carboxylic acids is 11. The van der Waals surface area contributed by atoms with Crippen molar-refractivity contribution < 1.29 is 57.8 Å². The maximum Gasteiger partial charge on any atom is 0.246 e. The number of nitrogens with zero attached hydrogens (tertiary/aromatic N) is 1. The second kappa shape index (κ2) is 28.5. The van der Waals surface area contributed by atoms with E-state index in [1.807, 2.05) is 13.8 Å². The third-order valence-corrected chi connectivity index (χ3v) is 16.9. The fraction of sp³-hybridized carbons (Fsp3) is 0.653. The van der Waals surface area contributed by atoms with Crippen LogP contribution in [0.1, 0.15) is 117 Å². The van der Waals surface area contributed by atoms with Crippen molar-refractivity contribution in [2.45, 2.75) is 165 Å². The molecule has 14 N–H and O–H groups in total. The molecule has 11 amide bonds. The molecule has 3 aliphatic rings. The van der Waals surface area contributed by atoms with Gasteiger partial charge in [-0.3, -0.25) is 52.7 Å². The molecule has 1 saturated carbocycles. The minimum Gasteiger partial charge on any atom is -0.508 e. The van der Waals surface area contributed by atoms with Crippen molar-refractivity contribution in [3.8, 4) is 5.75 Å². The Morgan fingerprint density at radius 1 is 0.811 bits per heavy atom. The fourth-order valence-electron chi connectivity index (χ4n) is 9.09. The van der Waals surface area contributed by atoms with Crippen molar-refractivity contribution in [1.82, 2.24) is 42.1 Å². The Hall–Kier alpha value is -6.11. The van der Waals surface area contributed by atoms with Crippen LogP contribution in [0.15, 0.2) is 24.3 Å². The van der Waals surface area contributed by atoms with E-state index in [1.54, 1.807) is 26.0 Å². The zero-order valence-corrected chi connectivity index (χ0v) is 44.5. The zero-order valence-electron chi connectivity index (χ0n) is 42.8. The van der Waals surface area contributed by atoms with Gasteiger partial charge in [-0.15, -0.1) is 0 Å². The van der Waals surface area contributed by atoms with Crippen LogP contribution in [-0.4, -0.2) is 141 Å². The van der Waals surface area contributed by atoms with E-state index in [4.69, 9.17) is 17.2 Å². The topological polar surface area (TPSA) is 374 Å². The first-order valence-electron chi connectivity index (χ1n) is 25.2. The van der Waals surface area contributed by atoms with Gasteiger partial charge in [0.25, 0.3) is 0 Å². The maximum atomic E-state index is 14.9. The summed E-state index contributed by atoms with van der Waals surface area (Å²) < 4.78 is -0.739. The lowest BCUT2D eigenvalue weighted by molar-refractivity contribution is -0.142. The maximum absolute atomic E-state index is 14.9. The minimum absolute atomic E-state index is 0.0176. The summed E-state index contributed by atoms with van der Waals surface area (Å²) in [6.07, 6.45) is 2.07. The second-order valence-corrected chi connectivity index (χ2v) is 23.0. The van der Waals surface area contributed by atoms with Crippen molar-refractivity contribution in [1.29, 1.82) is 0 Å². The Labute approximate surface area is 439 Å². The standard InChI is InChI=1S/C49H75N11O12S2/c1-6-28(5)41-47(71)55-31(13-14-37(50)62)43(67)56-34(22-38(51)63)44(68)58-35(48(72)60-19-7-8-36(60)46(70)57-32(20-26(2)3)42(66)53-24-39(52)64)25-73-74-49(17-15-27(4)16-18-49)23-40(65)54-33(45(69)59-41)21-29-9-11-30(61)12-10-29/h9-12,26-28,31-36,41,61H,6-8,13-25H2,1-5H3,(H2,50,62)(H2,51,63)(H2,52,64)(H,53,66)(H,54,65)(H,55,71)(H,56,67)(H,57,70)(H,58,68)(H,59,69)/t27?,28-,31-,32-,33-,34-,35-,36-,41?,49?/m0/s1. The summed E-state index contributed by atoms with van der Waals surface area (Å²) in [5, 5.41) is 28.5. The molecule has 0 aromatic heterocycles. The molecule has 25 heteroatoms. The quantitative estimate of drug-likeness (QED) is 0.0869. The Balaban J connectivity index is 1.79. The lowest BCUT2D eigenvalue weighted by Crippen LogP contribution is -2.61. The van der Waals surface area contributed by atoms with Crippen LogP contribution >= 0.6 is 21.6 Å². The van der Waals surface area contributed by atoms with Crippen LogP contribution in [0.3, 0.4) is 0 Å². The summed E-state index contributed by atoms with van der Waals surface area (Å²) in [5.41, 5.74) is 16.9. The van der Waals surface area contributed by atoms with Gasteiger partial charge in [-0.2, -0.15) is 0 Å². The molecule has 23 nitrogen and oxygen atoms in total. The van der Waals surface area contributed by atoms with Gasteiger partial charge in [-0.05, 0) is 86.8 Å². The van der Waals surface area contributed by atoms with Gasteiger partial charge < -0.3 is 64.4 Å². The summed E-state index contributed by atoms with van der Waals surface area (Å²) in [7, 11) is 2.54.